The summed E-state index contributed by atoms with van der Waals surface area (Å²) in [6.07, 6.45) is 1.44. The van der Waals surface area contributed by atoms with Gasteiger partial charge in [-0.05, 0) is 12.1 Å². The normalized spacial score (nSPS) is 14.8. The van der Waals surface area contributed by atoms with Crippen LogP contribution in [0.1, 0.15) is 0 Å². The smallest absolute Gasteiger partial charge is 0.293 e. The van der Waals surface area contributed by atoms with Gasteiger partial charge in [0.25, 0.3) is 5.56 Å². The lowest BCUT2D eigenvalue weighted by Gasteiger charge is -2.28. The number of hydrazine groups is 1. The number of hydrogen-bond donors (Lipinski definition) is 1. The fourth-order valence-corrected chi connectivity index (χ4v) is 2.59. The Labute approximate surface area is 138 Å². The Bertz CT molecular complexity index is 757. The van der Waals surface area contributed by atoms with E-state index in [1.54, 1.807) is 13.1 Å². The average Bonchev–Trinajstić information content (AvgIpc) is 2.58. The highest BCUT2D eigenvalue weighted by molar-refractivity contribution is 6.33. The number of nitrogens with zero attached hydrogens (tertiary/aromatic N) is 5. The molecular formula is C14H17ClN6O2. The number of pyridine rings is 1. The van der Waals surface area contributed by atoms with Gasteiger partial charge in [-0.3, -0.25) is 4.79 Å². The molecule has 0 spiro atoms. The molecule has 0 atom stereocenters. The van der Waals surface area contributed by atoms with Crippen molar-refractivity contribution in [2.24, 2.45) is 5.84 Å². The van der Waals surface area contributed by atoms with E-state index in [4.69, 9.17) is 22.2 Å². The Morgan fingerprint density at radius 3 is 2.70 bits per heavy atom. The minimum Gasteiger partial charge on any atom is -0.378 e. The molecule has 1 aliphatic rings. The van der Waals surface area contributed by atoms with Crippen molar-refractivity contribution in [2.45, 2.75) is 0 Å². The lowest BCUT2D eigenvalue weighted by atomic mass is 10.3. The first-order chi connectivity index (χ1) is 11.1. The number of rotatable bonds is 3. The highest BCUT2D eigenvalue weighted by atomic mass is 35.5. The van der Waals surface area contributed by atoms with Crippen molar-refractivity contribution in [1.82, 2.24) is 14.8 Å². The zero-order chi connectivity index (χ0) is 16.4. The standard InChI is InChI=1S/C14H17ClN6O2/c1-19(16)10-9-17-21(14(22)13(10)15)12-4-2-3-11(18-12)20-5-7-23-8-6-20/h2-4,9H,5-8,16H2,1H3. The van der Waals surface area contributed by atoms with Crippen molar-refractivity contribution in [2.75, 3.05) is 43.3 Å². The lowest BCUT2D eigenvalue weighted by Crippen LogP contribution is -2.37. The van der Waals surface area contributed by atoms with E-state index in [1.165, 1.54) is 15.9 Å². The lowest BCUT2D eigenvalue weighted by molar-refractivity contribution is 0.122. The largest absolute Gasteiger partial charge is 0.378 e. The van der Waals surface area contributed by atoms with E-state index in [1.807, 2.05) is 12.1 Å². The zero-order valence-corrected chi connectivity index (χ0v) is 13.4. The summed E-state index contributed by atoms with van der Waals surface area (Å²) >= 11 is 6.08. The monoisotopic (exact) mass is 336 g/mol. The maximum absolute atomic E-state index is 12.4. The molecule has 0 aromatic carbocycles. The molecule has 0 saturated carbocycles. The molecule has 0 unspecified atom stereocenters. The Kier molecular flexibility index (Phi) is 4.46. The van der Waals surface area contributed by atoms with Gasteiger partial charge in [0.05, 0.1) is 25.1 Å². The number of morpholine rings is 1. The minimum atomic E-state index is -0.465. The van der Waals surface area contributed by atoms with Crippen LogP contribution in [0.15, 0.2) is 29.2 Å². The van der Waals surface area contributed by atoms with Gasteiger partial charge in [0, 0.05) is 20.1 Å². The van der Waals surface area contributed by atoms with Gasteiger partial charge in [0.1, 0.15) is 10.8 Å². The molecule has 1 fully saturated rings. The summed E-state index contributed by atoms with van der Waals surface area (Å²) in [4.78, 5) is 19.0. The van der Waals surface area contributed by atoms with Crippen LogP contribution in [0, 0.1) is 0 Å². The fourth-order valence-electron chi connectivity index (χ4n) is 2.33. The van der Waals surface area contributed by atoms with Crippen LogP contribution in [0.2, 0.25) is 5.02 Å². The quantitative estimate of drug-likeness (QED) is 0.642. The predicted molar refractivity (Wildman–Crippen MR) is 88.3 cm³/mol. The van der Waals surface area contributed by atoms with Crippen molar-refractivity contribution in [3.63, 3.8) is 0 Å². The van der Waals surface area contributed by atoms with Gasteiger partial charge < -0.3 is 14.6 Å². The van der Waals surface area contributed by atoms with Crippen LogP contribution in [0.25, 0.3) is 5.82 Å². The molecule has 2 aromatic heterocycles. The van der Waals surface area contributed by atoms with E-state index in [2.05, 4.69) is 15.0 Å². The van der Waals surface area contributed by atoms with Crippen molar-refractivity contribution >= 4 is 23.1 Å². The van der Waals surface area contributed by atoms with Crippen molar-refractivity contribution in [3.8, 4) is 5.82 Å². The molecule has 3 heterocycles. The van der Waals surface area contributed by atoms with Gasteiger partial charge in [0.2, 0.25) is 0 Å². The molecule has 1 aliphatic heterocycles. The Morgan fingerprint density at radius 2 is 2.00 bits per heavy atom. The van der Waals surface area contributed by atoms with E-state index in [0.717, 1.165) is 18.9 Å². The van der Waals surface area contributed by atoms with E-state index < -0.39 is 5.56 Å². The summed E-state index contributed by atoms with van der Waals surface area (Å²) in [6.45, 7) is 2.84. The molecule has 1 saturated heterocycles. The first kappa shape index (κ1) is 15.7. The highest BCUT2D eigenvalue weighted by Crippen LogP contribution is 2.19. The third-order valence-corrected chi connectivity index (χ3v) is 3.91. The second-order valence-corrected chi connectivity index (χ2v) is 5.50. The fraction of sp³-hybridized carbons (Fsp3) is 0.357. The third kappa shape index (κ3) is 3.14. The summed E-state index contributed by atoms with van der Waals surface area (Å²) in [7, 11) is 1.59. The van der Waals surface area contributed by atoms with E-state index in [0.29, 0.717) is 24.7 Å². The van der Waals surface area contributed by atoms with Crippen LogP contribution >= 0.6 is 11.6 Å². The average molecular weight is 337 g/mol. The second-order valence-electron chi connectivity index (χ2n) is 5.13. The van der Waals surface area contributed by atoms with Gasteiger partial charge in [-0.15, -0.1) is 0 Å². The van der Waals surface area contributed by atoms with Crippen LogP contribution in [-0.2, 0) is 4.74 Å². The Balaban J connectivity index is 1.99. The van der Waals surface area contributed by atoms with Gasteiger partial charge in [-0.25, -0.2) is 10.8 Å². The molecule has 0 amide bonds. The summed E-state index contributed by atoms with van der Waals surface area (Å²) in [5.41, 5.74) is -0.106. The number of anilines is 2. The maximum atomic E-state index is 12.4. The topological polar surface area (TPSA) is 89.5 Å². The molecular weight excluding hydrogens is 320 g/mol. The van der Waals surface area contributed by atoms with Gasteiger partial charge in [-0.1, -0.05) is 17.7 Å². The molecule has 2 aromatic rings. The molecule has 122 valence electrons. The first-order valence-corrected chi connectivity index (χ1v) is 7.52. The van der Waals surface area contributed by atoms with E-state index in [9.17, 15) is 4.79 Å². The van der Waals surface area contributed by atoms with Crippen LogP contribution in [0.5, 0.6) is 0 Å². The Hall–Kier alpha value is -2.16. The van der Waals surface area contributed by atoms with Crippen LogP contribution in [-0.4, -0.2) is 48.1 Å². The van der Waals surface area contributed by atoms with Crippen molar-refractivity contribution in [3.05, 3.63) is 39.8 Å². The highest BCUT2D eigenvalue weighted by Gasteiger charge is 2.16. The zero-order valence-electron chi connectivity index (χ0n) is 12.6. The number of aromatic nitrogens is 3. The minimum absolute atomic E-state index is 0.00331. The third-order valence-electron chi connectivity index (χ3n) is 3.55. The van der Waals surface area contributed by atoms with Gasteiger partial charge in [-0.2, -0.15) is 9.78 Å². The van der Waals surface area contributed by atoms with Crippen LogP contribution in [0.4, 0.5) is 11.5 Å². The number of ether oxygens (including phenoxy) is 1. The molecule has 23 heavy (non-hydrogen) atoms. The molecule has 9 heteroatoms. The van der Waals surface area contributed by atoms with Gasteiger partial charge >= 0.3 is 0 Å². The number of hydrogen-bond acceptors (Lipinski definition) is 7. The van der Waals surface area contributed by atoms with Gasteiger partial charge in [0.15, 0.2) is 5.82 Å². The molecule has 0 radical (unpaired) electrons. The van der Waals surface area contributed by atoms with Crippen molar-refractivity contribution < 1.29 is 4.74 Å². The summed E-state index contributed by atoms with van der Waals surface area (Å²) in [6, 6.07) is 5.43. The summed E-state index contributed by atoms with van der Waals surface area (Å²) in [5.74, 6) is 6.80. The first-order valence-electron chi connectivity index (χ1n) is 7.14. The van der Waals surface area contributed by atoms with Crippen LogP contribution < -0.4 is 21.3 Å². The molecule has 3 rings (SSSR count). The number of nitrogens with two attached hydrogens (primary N) is 1. The second kappa shape index (κ2) is 6.53. The molecule has 0 bridgehead atoms. The van der Waals surface area contributed by atoms with E-state index in [-0.39, 0.29) is 5.02 Å². The predicted octanol–water partition coefficient (Wildman–Crippen LogP) is 0.427. The summed E-state index contributed by atoms with van der Waals surface area (Å²) in [5, 5.41) is 5.36. The summed E-state index contributed by atoms with van der Waals surface area (Å²) < 4.78 is 6.50. The number of halogens is 1. The molecule has 2 N–H and O–H groups in total. The molecule has 8 nitrogen and oxygen atoms in total. The SMILES string of the molecule is CN(N)c1cnn(-c2cccc(N3CCOCC3)n2)c(=O)c1Cl. The maximum Gasteiger partial charge on any atom is 0.293 e. The van der Waals surface area contributed by atoms with Crippen molar-refractivity contribution in [1.29, 1.82) is 0 Å². The van der Waals surface area contributed by atoms with Crippen LogP contribution in [0.3, 0.4) is 0 Å². The van der Waals surface area contributed by atoms with E-state index >= 15 is 0 Å². The molecule has 0 aliphatic carbocycles. The Morgan fingerprint density at radius 1 is 1.30 bits per heavy atom.